The molecule has 2 aromatic rings. The van der Waals surface area contributed by atoms with E-state index in [-0.39, 0.29) is 18.0 Å². The van der Waals surface area contributed by atoms with E-state index in [1.165, 1.54) is 17.1 Å². The van der Waals surface area contributed by atoms with Gasteiger partial charge < -0.3 is 15.0 Å². The quantitative estimate of drug-likeness (QED) is 0.817. The van der Waals surface area contributed by atoms with Crippen molar-refractivity contribution in [3.8, 4) is 5.75 Å². The molecule has 1 atom stereocenters. The fraction of sp³-hybridized carbons (Fsp3) is 0.318. The van der Waals surface area contributed by atoms with E-state index in [1.807, 2.05) is 12.1 Å². The smallest absolute Gasteiger partial charge is 0.341 e. The number of ether oxygens (including phenoxy) is 1. The summed E-state index contributed by atoms with van der Waals surface area (Å²) < 4.78 is 33.1. The van der Waals surface area contributed by atoms with E-state index in [2.05, 4.69) is 10.4 Å². The summed E-state index contributed by atoms with van der Waals surface area (Å²) in [6.45, 7) is 0.747. The minimum Gasteiger partial charge on any atom is -0.487 e. The zero-order valence-corrected chi connectivity index (χ0v) is 16.6. The molecule has 3 amide bonds. The van der Waals surface area contributed by atoms with Gasteiger partial charge in [0.05, 0.1) is 19.1 Å². The summed E-state index contributed by atoms with van der Waals surface area (Å²) in [5.74, 6) is -0.754. The highest BCUT2D eigenvalue weighted by Gasteiger charge is 2.39. The summed E-state index contributed by atoms with van der Waals surface area (Å²) >= 11 is 0. The molecule has 0 aromatic heterocycles. The van der Waals surface area contributed by atoms with E-state index in [0.717, 1.165) is 17.3 Å². The van der Waals surface area contributed by atoms with Crippen molar-refractivity contribution in [2.45, 2.75) is 31.4 Å². The van der Waals surface area contributed by atoms with Gasteiger partial charge in [-0.2, -0.15) is 5.10 Å². The van der Waals surface area contributed by atoms with Crippen LogP contribution in [0.15, 0.2) is 41.5 Å². The van der Waals surface area contributed by atoms with Crippen molar-refractivity contribution in [1.29, 1.82) is 0 Å². The maximum absolute atomic E-state index is 13.6. The number of benzene rings is 2. The van der Waals surface area contributed by atoms with Gasteiger partial charge in [-0.1, -0.05) is 6.07 Å². The summed E-state index contributed by atoms with van der Waals surface area (Å²) in [6, 6.07) is 7.97. The number of amides is 3. The van der Waals surface area contributed by atoms with Crippen LogP contribution in [-0.2, 0) is 11.2 Å². The number of aryl methyl sites for hydroxylation is 1. The maximum atomic E-state index is 13.6. The molecule has 0 radical (unpaired) electrons. The Morgan fingerprint density at radius 2 is 1.87 bits per heavy atom. The highest BCUT2D eigenvalue weighted by atomic mass is 19.1. The molecule has 3 heterocycles. The van der Waals surface area contributed by atoms with Crippen molar-refractivity contribution in [2.24, 2.45) is 5.10 Å². The second-order valence-electron chi connectivity index (χ2n) is 7.89. The number of rotatable bonds is 3. The van der Waals surface area contributed by atoms with Gasteiger partial charge in [0.1, 0.15) is 23.5 Å². The minimum atomic E-state index is -0.687. The minimum absolute atomic E-state index is 0.0102. The number of nitrogens with one attached hydrogen (secondary N) is 1. The molecule has 3 aliphatic heterocycles. The summed E-state index contributed by atoms with van der Waals surface area (Å²) in [4.78, 5) is 26.0. The van der Waals surface area contributed by atoms with Crippen LogP contribution in [0.2, 0.25) is 0 Å². The first-order valence-electron chi connectivity index (χ1n) is 10.1. The number of hydrazone groups is 1. The van der Waals surface area contributed by atoms with Crippen molar-refractivity contribution in [1.82, 2.24) is 9.91 Å². The Balaban J connectivity index is 1.20. The zero-order chi connectivity index (χ0) is 21.5. The molecule has 2 aromatic carbocycles. The van der Waals surface area contributed by atoms with Gasteiger partial charge in [-0.25, -0.2) is 18.6 Å². The van der Waals surface area contributed by atoms with Crippen molar-refractivity contribution < 1.29 is 23.1 Å². The molecular weight excluding hydrogens is 406 g/mol. The molecule has 0 saturated carbocycles. The number of fused-ring (bicyclic) bond motifs is 1. The van der Waals surface area contributed by atoms with E-state index in [1.54, 1.807) is 17.2 Å². The lowest BCUT2D eigenvalue weighted by Gasteiger charge is -2.41. The predicted octanol–water partition coefficient (Wildman–Crippen LogP) is 3.47. The zero-order valence-electron chi connectivity index (χ0n) is 16.6. The molecule has 5 rings (SSSR count). The van der Waals surface area contributed by atoms with Crippen LogP contribution in [0.5, 0.6) is 5.75 Å². The Labute approximate surface area is 177 Å². The van der Waals surface area contributed by atoms with Crippen molar-refractivity contribution >= 4 is 23.8 Å². The summed E-state index contributed by atoms with van der Waals surface area (Å²) in [5.41, 5.74) is 2.20. The summed E-state index contributed by atoms with van der Waals surface area (Å²) in [5, 5.41) is 8.22. The van der Waals surface area contributed by atoms with Crippen LogP contribution in [-0.4, -0.2) is 47.3 Å². The number of carbonyl (C=O) groups excluding carboxylic acids is 2. The molecule has 0 unspecified atom stereocenters. The summed E-state index contributed by atoms with van der Waals surface area (Å²) in [6.07, 6.45) is 2.97. The number of likely N-dealkylation sites (tertiary alicyclic amines) is 1. The largest absolute Gasteiger partial charge is 0.487 e. The lowest BCUT2D eigenvalue weighted by Crippen LogP contribution is -2.58. The number of anilines is 1. The second kappa shape index (κ2) is 7.64. The Morgan fingerprint density at radius 1 is 1.10 bits per heavy atom. The van der Waals surface area contributed by atoms with Crippen LogP contribution in [0.4, 0.5) is 19.3 Å². The maximum Gasteiger partial charge on any atom is 0.341 e. The number of halogens is 2. The van der Waals surface area contributed by atoms with E-state index < -0.39 is 17.7 Å². The summed E-state index contributed by atoms with van der Waals surface area (Å²) in [7, 11) is 0. The second-order valence-corrected chi connectivity index (χ2v) is 7.89. The van der Waals surface area contributed by atoms with Crippen LogP contribution in [0.25, 0.3) is 0 Å². The Kier molecular flexibility index (Phi) is 4.80. The normalized spacial score (nSPS) is 20.3. The SMILES string of the molecule is O=C1CCc2ccc(OC3CN(C(=O)N4N=CC[C@H]4c4cc(F)cc(F)c4)C3)cc2N1. The molecule has 160 valence electrons. The van der Waals surface area contributed by atoms with Gasteiger partial charge in [0.15, 0.2) is 0 Å². The molecular formula is C22H20F2N4O3. The molecule has 0 bridgehead atoms. The molecule has 3 aliphatic rings. The van der Waals surface area contributed by atoms with Crippen molar-refractivity contribution in [2.75, 3.05) is 18.4 Å². The number of nitrogens with zero attached hydrogens (tertiary/aromatic N) is 3. The van der Waals surface area contributed by atoms with Gasteiger partial charge in [-0.15, -0.1) is 0 Å². The molecule has 0 aliphatic carbocycles. The standard InChI is InChI=1S/C22H20F2N4O3/c23-15-7-14(8-16(24)9-15)20-5-6-25-28(20)22(30)27-11-18(12-27)31-17-3-1-13-2-4-21(29)26-19(13)10-17/h1,3,6-10,18,20H,2,4-5,11-12H2,(H,26,29)/t20-/m0/s1. The van der Waals surface area contributed by atoms with Crippen LogP contribution in [0.3, 0.4) is 0 Å². The van der Waals surface area contributed by atoms with Crippen molar-refractivity contribution in [3.05, 3.63) is 59.2 Å². The Bertz CT molecular complexity index is 1060. The monoisotopic (exact) mass is 426 g/mol. The molecule has 1 fully saturated rings. The Morgan fingerprint density at radius 3 is 2.65 bits per heavy atom. The number of hydrogen-bond donors (Lipinski definition) is 1. The topological polar surface area (TPSA) is 74.2 Å². The molecule has 0 spiro atoms. The highest BCUT2D eigenvalue weighted by molar-refractivity contribution is 5.94. The van der Waals surface area contributed by atoms with Crippen LogP contribution < -0.4 is 10.1 Å². The first-order chi connectivity index (χ1) is 15.0. The van der Waals surface area contributed by atoms with Gasteiger partial charge in [0, 0.05) is 36.9 Å². The van der Waals surface area contributed by atoms with E-state index in [9.17, 15) is 18.4 Å². The number of urea groups is 1. The third-order valence-corrected chi connectivity index (χ3v) is 5.69. The Hall–Kier alpha value is -3.49. The van der Waals surface area contributed by atoms with Gasteiger partial charge in [0.25, 0.3) is 0 Å². The van der Waals surface area contributed by atoms with Gasteiger partial charge in [0.2, 0.25) is 5.91 Å². The van der Waals surface area contributed by atoms with Gasteiger partial charge in [-0.3, -0.25) is 4.79 Å². The lowest BCUT2D eigenvalue weighted by molar-refractivity contribution is -0.116. The average Bonchev–Trinajstić information content (AvgIpc) is 3.19. The molecule has 9 heteroatoms. The van der Waals surface area contributed by atoms with E-state index >= 15 is 0 Å². The number of carbonyl (C=O) groups is 2. The first kappa shape index (κ1) is 19.5. The number of hydrogen-bond acceptors (Lipinski definition) is 4. The fourth-order valence-electron chi connectivity index (χ4n) is 4.07. The third-order valence-electron chi connectivity index (χ3n) is 5.69. The van der Waals surface area contributed by atoms with Gasteiger partial charge >= 0.3 is 6.03 Å². The molecule has 7 nitrogen and oxygen atoms in total. The third kappa shape index (κ3) is 3.83. The van der Waals surface area contributed by atoms with E-state index in [4.69, 9.17) is 4.74 Å². The average molecular weight is 426 g/mol. The lowest BCUT2D eigenvalue weighted by atomic mass is 10.0. The van der Waals surface area contributed by atoms with Crippen LogP contribution >= 0.6 is 0 Å². The molecule has 1 saturated heterocycles. The molecule has 31 heavy (non-hydrogen) atoms. The molecule has 1 N–H and O–H groups in total. The van der Waals surface area contributed by atoms with Crippen molar-refractivity contribution in [3.63, 3.8) is 0 Å². The first-order valence-corrected chi connectivity index (χ1v) is 10.1. The fourth-order valence-corrected chi connectivity index (χ4v) is 4.07. The predicted molar refractivity (Wildman–Crippen MR) is 109 cm³/mol. The van der Waals surface area contributed by atoms with Crippen LogP contribution in [0.1, 0.15) is 30.0 Å². The van der Waals surface area contributed by atoms with E-state index in [0.29, 0.717) is 43.7 Å². The highest BCUT2D eigenvalue weighted by Crippen LogP contribution is 2.32. The van der Waals surface area contributed by atoms with Crippen LogP contribution in [0, 0.1) is 11.6 Å². The van der Waals surface area contributed by atoms with Gasteiger partial charge in [-0.05, 0) is 35.7 Å².